The van der Waals surface area contributed by atoms with Crippen LogP contribution in [0.25, 0.3) is 6.08 Å². The van der Waals surface area contributed by atoms with E-state index in [0.717, 1.165) is 17.1 Å². The van der Waals surface area contributed by atoms with E-state index in [2.05, 4.69) is 43.3 Å². The first-order valence-corrected chi connectivity index (χ1v) is 7.30. The highest BCUT2D eigenvalue weighted by Crippen LogP contribution is 2.50. The molecule has 2 atom stereocenters. The highest BCUT2D eigenvalue weighted by Gasteiger charge is 2.34. The van der Waals surface area contributed by atoms with E-state index in [9.17, 15) is 0 Å². The van der Waals surface area contributed by atoms with Crippen molar-refractivity contribution in [3.63, 3.8) is 0 Å². The molecule has 1 aliphatic rings. The Balaban J connectivity index is 2.04. The minimum Gasteiger partial charge on any atom is -0.493 e. The van der Waals surface area contributed by atoms with E-state index in [4.69, 9.17) is 9.47 Å². The Kier molecular flexibility index (Phi) is 3.70. The van der Waals surface area contributed by atoms with Gasteiger partial charge in [-0.25, -0.2) is 0 Å². The minimum atomic E-state index is 0.0518. The summed E-state index contributed by atoms with van der Waals surface area (Å²) in [5, 5.41) is 0. The molecule has 2 unspecified atom stereocenters. The largest absolute Gasteiger partial charge is 0.493 e. The molecule has 0 saturated heterocycles. The fourth-order valence-electron chi connectivity index (χ4n) is 2.94. The number of rotatable bonds is 3. The monoisotopic (exact) mass is 280 g/mol. The molecule has 2 aromatic rings. The van der Waals surface area contributed by atoms with Crippen LogP contribution in [-0.2, 0) is 0 Å². The van der Waals surface area contributed by atoms with Gasteiger partial charge in [-0.05, 0) is 30.2 Å². The number of benzene rings is 2. The van der Waals surface area contributed by atoms with Crippen LogP contribution in [0.4, 0.5) is 0 Å². The summed E-state index contributed by atoms with van der Waals surface area (Å²) < 4.78 is 11.7. The van der Waals surface area contributed by atoms with E-state index in [-0.39, 0.29) is 6.10 Å². The van der Waals surface area contributed by atoms with E-state index in [1.54, 1.807) is 7.11 Å². The summed E-state index contributed by atoms with van der Waals surface area (Å²) in [6, 6.07) is 14.6. The molecule has 0 amide bonds. The van der Waals surface area contributed by atoms with Gasteiger partial charge < -0.3 is 9.47 Å². The van der Waals surface area contributed by atoms with Gasteiger partial charge in [-0.1, -0.05) is 49.4 Å². The molecule has 2 aromatic carbocycles. The fourth-order valence-corrected chi connectivity index (χ4v) is 2.94. The number of fused-ring (bicyclic) bond motifs is 1. The molecule has 0 bridgehead atoms. The van der Waals surface area contributed by atoms with Crippen LogP contribution in [0.15, 0.2) is 48.5 Å². The van der Waals surface area contributed by atoms with Crippen molar-refractivity contribution in [1.29, 1.82) is 0 Å². The average Bonchev–Trinajstić information content (AvgIpc) is 2.85. The Hall–Kier alpha value is -2.22. The van der Waals surface area contributed by atoms with E-state index in [1.807, 2.05) is 25.1 Å². The lowest BCUT2D eigenvalue weighted by Gasteiger charge is -2.15. The zero-order valence-corrected chi connectivity index (χ0v) is 12.7. The van der Waals surface area contributed by atoms with Crippen molar-refractivity contribution in [2.45, 2.75) is 25.9 Å². The minimum absolute atomic E-state index is 0.0518. The van der Waals surface area contributed by atoms with Crippen molar-refractivity contribution in [1.82, 2.24) is 0 Å². The highest BCUT2D eigenvalue weighted by molar-refractivity contribution is 5.61. The van der Waals surface area contributed by atoms with Crippen LogP contribution < -0.4 is 9.47 Å². The van der Waals surface area contributed by atoms with Crippen molar-refractivity contribution >= 4 is 6.08 Å². The third kappa shape index (κ3) is 2.42. The van der Waals surface area contributed by atoms with Gasteiger partial charge in [-0.15, -0.1) is 0 Å². The van der Waals surface area contributed by atoms with Gasteiger partial charge in [0.05, 0.1) is 7.11 Å². The fraction of sp³-hybridized carbons (Fsp3) is 0.263. The molecule has 3 rings (SSSR count). The van der Waals surface area contributed by atoms with Gasteiger partial charge in [0.15, 0.2) is 11.5 Å². The Morgan fingerprint density at radius 2 is 1.90 bits per heavy atom. The molecule has 0 N–H and O–H groups in total. The average molecular weight is 280 g/mol. The Labute approximate surface area is 126 Å². The van der Waals surface area contributed by atoms with Crippen LogP contribution in [-0.4, -0.2) is 7.11 Å². The smallest absolute Gasteiger partial charge is 0.165 e. The maximum absolute atomic E-state index is 6.21. The molecule has 1 aliphatic heterocycles. The van der Waals surface area contributed by atoms with Crippen LogP contribution >= 0.6 is 0 Å². The van der Waals surface area contributed by atoms with Gasteiger partial charge in [-0.2, -0.15) is 0 Å². The SMILES string of the molecule is CC=Cc1cc(OC)c2c(c1)C(C)C(c1ccccc1)O2. The highest BCUT2D eigenvalue weighted by atomic mass is 16.5. The van der Waals surface area contributed by atoms with Crippen LogP contribution in [0.2, 0.25) is 0 Å². The van der Waals surface area contributed by atoms with E-state index in [1.165, 1.54) is 11.1 Å². The van der Waals surface area contributed by atoms with Crippen LogP contribution in [0, 0.1) is 0 Å². The predicted octanol–water partition coefficient (Wildman–Crippen LogP) is 4.97. The second-order valence-corrected chi connectivity index (χ2v) is 5.38. The molecule has 0 spiro atoms. The molecular weight excluding hydrogens is 260 g/mol. The first-order chi connectivity index (χ1) is 10.2. The van der Waals surface area contributed by atoms with Gasteiger partial charge >= 0.3 is 0 Å². The summed E-state index contributed by atoms with van der Waals surface area (Å²) in [5.41, 5.74) is 3.57. The number of hydrogen-bond acceptors (Lipinski definition) is 2. The molecule has 0 saturated carbocycles. The zero-order chi connectivity index (χ0) is 14.8. The van der Waals surface area contributed by atoms with Gasteiger partial charge in [0.25, 0.3) is 0 Å². The topological polar surface area (TPSA) is 18.5 Å². The maximum atomic E-state index is 6.21. The van der Waals surface area contributed by atoms with Gasteiger partial charge in [0.1, 0.15) is 6.10 Å². The van der Waals surface area contributed by atoms with Crippen molar-refractivity contribution in [3.05, 3.63) is 65.2 Å². The molecular formula is C19H20O2. The van der Waals surface area contributed by atoms with Crippen LogP contribution in [0.1, 0.15) is 42.6 Å². The van der Waals surface area contributed by atoms with E-state index < -0.39 is 0 Å². The summed E-state index contributed by atoms with van der Waals surface area (Å²) in [5.74, 6) is 2.00. The Morgan fingerprint density at radius 1 is 1.14 bits per heavy atom. The number of methoxy groups -OCH3 is 1. The van der Waals surface area contributed by atoms with E-state index in [0.29, 0.717) is 5.92 Å². The zero-order valence-electron chi connectivity index (χ0n) is 12.7. The molecule has 0 aliphatic carbocycles. The molecule has 2 heteroatoms. The maximum Gasteiger partial charge on any atom is 0.165 e. The summed E-state index contributed by atoms with van der Waals surface area (Å²) in [6.45, 7) is 4.23. The predicted molar refractivity (Wildman–Crippen MR) is 85.9 cm³/mol. The number of hydrogen-bond donors (Lipinski definition) is 0. The molecule has 0 fully saturated rings. The normalized spacial score (nSPS) is 20.3. The third-order valence-electron chi connectivity index (χ3n) is 4.00. The number of allylic oxidation sites excluding steroid dienone is 1. The van der Waals surface area contributed by atoms with Crippen molar-refractivity contribution in [2.75, 3.05) is 7.11 Å². The molecule has 1 heterocycles. The second-order valence-electron chi connectivity index (χ2n) is 5.38. The van der Waals surface area contributed by atoms with Crippen molar-refractivity contribution < 1.29 is 9.47 Å². The first-order valence-electron chi connectivity index (χ1n) is 7.30. The van der Waals surface area contributed by atoms with Gasteiger partial charge in [0.2, 0.25) is 0 Å². The van der Waals surface area contributed by atoms with Gasteiger partial charge in [0, 0.05) is 11.5 Å². The summed E-state index contributed by atoms with van der Waals surface area (Å²) in [7, 11) is 1.69. The summed E-state index contributed by atoms with van der Waals surface area (Å²) >= 11 is 0. The number of ether oxygens (including phenoxy) is 2. The Morgan fingerprint density at radius 3 is 2.57 bits per heavy atom. The van der Waals surface area contributed by atoms with Crippen LogP contribution in [0.3, 0.4) is 0 Å². The summed E-state index contributed by atoms with van der Waals surface area (Å²) in [6.07, 6.45) is 4.18. The van der Waals surface area contributed by atoms with Crippen molar-refractivity contribution in [3.8, 4) is 11.5 Å². The van der Waals surface area contributed by atoms with E-state index >= 15 is 0 Å². The molecule has 21 heavy (non-hydrogen) atoms. The van der Waals surface area contributed by atoms with Crippen LogP contribution in [0.5, 0.6) is 11.5 Å². The lowest BCUT2D eigenvalue weighted by Crippen LogP contribution is -2.06. The standard InChI is InChI=1S/C19H20O2/c1-4-8-14-11-16-13(2)18(15-9-6-5-7-10-15)21-19(16)17(12-14)20-3/h4-13,18H,1-3H3. The Bertz CT molecular complexity index is 659. The first kappa shape index (κ1) is 13.7. The lowest BCUT2D eigenvalue weighted by atomic mass is 9.92. The summed E-state index contributed by atoms with van der Waals surface area (Å²) in [4.78, 5) is 0. The second kappa shape index (κ2) is 5.65. The van der Waals surface area contributed by atoms with Crippen molar-refractivity contribution in [2.24, 2.45) is 0 Å². The van der Waals surface area contributed by atoms with Gasteiger partial charge in [-0.3, -0.25) is 0 Å². The lowest BCUT2D eigenvalue weighted by molar-refractivity contribution is 0.208. The molecule has 0 aromatic heterocycles. The molecule has 0 radical (unpaired) electrons. The third-order valence-corrected chi connectivity index (χ3v) is 4.00. The quantitative estimate of drug-likeness (QED) is 0.790. The molecule has 2 nitrogen and oxygen atoms in total. The molecule has 108 valence electrons.